The Morgan fingerprint density at radius 2 is 2.17 bits per heavy atom. The lowest BCUT2D eigenvalue weighted by Crippen LogP contribution is -2.29. The maximum absolute atomic E-state index is 6.06. The molecular formula is C17H22N6O. The topological polar surface area (TPSA) is 94.8 Å². The molecule has 1 aliphatic carbocycles. The summed E-state index contributed by atoms with van der Waals surface area (Å²) in [4.78, 5) is 8.99. The van der Waals surface area contributed by atoms with Crippen molar-refractivity contribution in [3.05, 3.63) is 29.3 Å². The number of nitrogens with zero attached hydrogens (tertiary/aromatic N) is 4. The van der Waals surface area contributed by atoms with Crippen LogP contribution in [-0.2, 0) is 13.5 Å². The van der Waals surface area contributed by atoms with Crippen LogP contribution in [0.15, 0.2) is 16.7 Å². The first-order valence-electron chi connectivity index (χ1n) is 8.13. The Hall–Kier alpha value is -2.57. The Kier molecular flexibility index (Phi) is 3.10. The van der Waals surface area contributed by atoms with E-state index in [2.05, 4.69) is 40.3 Å². The number of nitrogens with one attached hydrogen (secondary N) is 1. The summed E-state index contributed by atoms with van der Waals surface area (Å²) < 4.78 is 7.60. The van der Waals surface area contributed by atoms with Gasteiger partial charge in [-0.25, -0.2) is 0 Å². The van der Waals surface area contributed by atoms with Crippen molar-refractivity contribution in [1.29, 1.82) is 0 Å². The fourth-order valence-corrected chi connectivity index (χ4v) is 3.58. The molecule has 0 radical (unpaired) electrons. The van der Waals surface area contributed by atoms with Gasteiger partial charge in [0.2, 0.25) is 5.95 Å². The van der Waals surface area contributed by atoms with Gasteiger partial charge >= 0.3 is 0 Å². The summed E-state index contributed by atoms with van der Waals surface area (Å²) in [5.74, 6) is 2.95. The van der Waals surface area contributed by atoms with Gasteiger partial charge in [-0.2, -0.15) is 15.1 Å². The third-order valence-corrected chi connectivity index (χ3v) is 4.66. The van der Waals surface area contributed by atoms with E-state index >= 15 is 0 Å². The van der Waals surface area contributed by atoms with E-state index in [0.29, 0.717) is 11.8 Å². The Labute approximate surface area is 140 Å². The largest absolute Gasteiger partial charge is 0.466 e. The number of anilines is 2. The zero-order chi connectivity index (χ0) is 17.1. The number of rotatable bonds is 2. The van der Waals surface area contributed by atoms with E-state index in [9.17, 15) is 0 Å². The predicted octanol–water partition coefficient (Wildman–Crippen LogP) is 2.97. The SMILES string of the molecule is Cc1cc2c(o1)CC(C)(C)CC2Nc1nc(N)c2cnn(C)c2n1. The van der Waals surface area contributed by atoms with Crippen LogP contribution in [0.2, 0.25) is 0 Å². The van der Waals surface area contributed by atoms with Crippen LogP contribution in [0.3, 0.4) is 0 Å². The fourth-order valence-electron chi connectivity index (χ4n) is 3.58. The number of aromatic nitrogens is 4. The number of hydrogen-bond donors (Lipinski definition) is 2. The van der Waals surface area contributed by atoms with Gasteiger partial charge < -0.3 is 15.5 Å². The van der Waals surface area contributed by atoms with Crippen LogP contribution in [0.25, 0.3) is 11.0 Å². The number of nitrogens with two attached hydrogens (primary N) is 1. The van der Waals surface area contributed by atoms with Crippen molar-refractivity contribution in [1.82, 2.24) is 19.7 Å². The molecule has 0 spiro atoms. The Bertz CT molecular complexity index is 923. The van der Waals surface area contributed by atoms with E-state index in [1.54, 1.807) is 10.9 Å². The highest BCUT2D eigenvalue weighted by molar-refractivity contribution is 5.86. The minimum atomic E-state index is 0.103. The van der Waals surface area contributed by atoms with Crippen molar-refractivity contribution in [2.24, 2.45) is 12.5 Å². The van der Waals surface area contributed by atoms with E-state index in [1.807, 2.05) is 14.0 Å². The van der Waals surface area contributed by atoms with Gasteiger partial charge in [0.05, 0.1) is 17.6 Å². The van der Waals surface area contributed by atoms with Crippen LogP contribution in [0.4, 0.5) is 11.8 Å². The zero-order valence-electron chi connectivity index (χ0n) is 14.4. The smallest absolute Gasteiger partial charge is 0.227 e. The first kappa shape index (κ1) is 15.0. The molecule has 126 valence electrons. The van der Waals surface area contributed by atoms with E-state index in [4.69, 9.17) is 10.2 Å². The van der Waals surface area contributed by atoms with Gasteiger partial charge in [-0.1, -0.05) is 13.8 Å². The molecule has 7 heteroatoms. The lowest BCUT2D eigenvalue weighted by Gasteiger charge is -2.34. The number of hydrogen-bond acceptors (Lipinski definition) is 6. The first-order valence-corrected chi connectivity index (χ1v) is 8.13. The highest BCUT2D eigenvalue weighted by atomic mass is 16.3. The average Bonchev–Trinajstić information content (AvgIpc) is 3.01. The summed E-state index contributed by atoms with van der Waals surface area (Å²) in [6, 6.07) is 2.21. The summed E-state index contributed by atoms with van der Waals surface area (Å²) >= 11 is 0. The molecule has 1 unspecified atom stereocenters. The molecule has 24 heavy (non-hydrogen) atoms. The van der Waals surface area contributed by atoms with Crippen molar-refractivity contribution in [3.8, 4) is 0 Å². The van der Waals surface area contributed by atoms with E-state index in [1.165, 1.54) is 5.56 Å². The third-order valence-electron chi connectivity index (χ3n) is 4.66. The molecule has 0 bridgehead atoms. The van der Waals surface area contributed by atoms with Crippen molar-refractivity contribution in [2.45, 2.75) is 39.7 Å². The molecule has 3 aromatic heterocycles. The number of furan rings is 1. The van der Waals surface area contributed by atoms with Gasteiger partial charge in [0.25, 0.3) is 0 Å². The molecule has 3 aromatic rings. The number of aryl methyl sites for hydroxylation is 2. The molecule has 0 amide bonds. The summed E-state index contributed by atoms with van der Waals surface area (Å²) in [5, 5.41) is 8.42. The maximum Gasteiger partial charge on any atom is 0.227 e. The Morgan fingerprint density at radius 3 is 2.96 bits per heavy atom. The molecule has 1 atom stereocenters. The molecule has 0 saturated carbocycles. The van der Waals surface area contributed by atoms with Crippen LogP contribution in [0.5, 0.6) is 0 Å². The van der Waals surface area contributed by atoms with Gasteiger partial charge in [0.15, 0.2) is 5.65 Å². The van der Waals surface area contributed by atoms with Gasteiger partial charge in [0.1, 0.15) is 17.3 Å². The first-order chi connectivity index (χ1) is 11.3. The molecule has 0 aliphatic heterocycles. The minimum Gasteiger partial charge on any atom is -0.466 e. The highest BCUT2D eigenvalue weighted by Crippen LogP contribution is 2.43. The van der Waals surface area contributed by atoms with Crippen molar-refractivity contribution < 1.29 is 4.42 Å². The normalized spacial score (nSPS) is 19.4. The highest BCUT2D eigenvalue weighted by Gasteiger charge is 2.35. The second-order valence-electron chi connectivity index (χ2n) is 7.42. The van der Waals surface area contributed by atoms with Crippen molar-refractivity contribution in [3.63, 3.8) is 0 Å². The van der Waals surface area contributed by atoms with Gasteiger partial charge in [-0.3, -0.25) is 4.68 Å². The van der Waals surface area contributed by atoms with Gasteiger partial charge in [0, 0.05) is 19.0 Å². The number of fused-ring (bicyclic) bond motifs is 2. The lowest BCUT2D eigenvalue weighted by atomic mass is 9.75. The third kappa shape index (κ3) is 2.40. The summed E-state index contributed by atoms with van der Waals surface area (Å²) in [5.41, 5.74) is 8.13. The summed E-state index contributed by atoms with van der Waals surface area (Å²) in [7, 11) is 1.85. The monoisotopic (exact) mass is 326 g/mol. The maximum atomic E-state index is 6.06. The zero-order valence-corrected chi connectivity index (χ0v) is 14.4. The van der Waals surface area contributed by atoms with E-state index in [0.717, 1.165) is 35.4 Å². The standard InChI is InChI=1S/C17H22N6O/c1-9-5-10-12(6-17(2,3)7-13(10)24-9)20-16-21-14(18)11-8-19-23(4)15(11)22-16/h5,8,12H,6-7H2,1-4H3,(H3,18,20,21,22). The summed E-state index contributed by atoms with van der Waals surface area (Å²) in [6.45, 7) is 6.49. The van der Waals surface area contributed by atoms with Gasteiger partial charge in [-0.15, -0.1) is 0 Å². The van der Waals surface area contributed by atoms with Crippen LogP contribution >= 0.6 is 0 Å². The van der Waals surface area contributed by atoms with Crippen molar-refractivity contribution >= 4 is 22.8 Å². The van der Waals surface area contributed by atoms with Crippen LogP contribution in [0.1, 0.15) is 43.4 Å². The molecule has 0 saturated heterocycles. The average molecular weight is 326 g/mol. The van der Waals surface area contributed by atoms with Crippen LogP contribution in [-0.4, -0.2) is 19.7 Å². The molecular weight excluding hydrogens is 304 g/mol. The fraction of sp³-hybridized carbons (Fsp3) is 0.471. The molecule has 3 N–H and O–H groups in total. The molecule has 3 heterocycles. The predicted molar refractivity (Wildman–Crippen MR) is 92.6 cm³/mol. The summed E-state index contributed by atoms with van der Waals surface area (Å²) in [6.07, 6.45) is 3.61. The second kappa shape index (κ2) is 4.96. The van der Waals surface area contributed by atoms with Crippen molar-refractivity contribution in [2.75, 3.05) is 11.1 Å². The Balaban J connectivity index is 1.73. The number of nitrogen functional groups attached to an aromatic ring is 1. The van der Waals surface area contributed by atoms with E-state index in [-0.39, 0.29) is 11.5 Å². The molecule has 4 rings (SSSR count). The van der Waals surface area contributed by atoms with Gasteiger partial charge in [-0.05, 0) is 24.8 Å². The van der Waals surface area contributed by atoms with E-state index < -0.39 is 0 Å². The van der Waals surface area contributed by atoms with Crippen LogP contribution < -0.4 is 11.1 Å². The minimum absolute atomic E-state index is 0.103. The Morgan fingerprint density at radius 1 is 1.38 bits per heavy atom. The molecule has 1 aliphatic rings. The van der Waals surface area contributed by atoms with Crippen LogP contribution in [0, 0.1) is 12.3 Å². The lowest BCUT2D eigenvalue weighted by molar-refractivity contribution is 0.261. The molecule has 7 nitrogen and oxygen atoms in total. The quantitative estimate of drug-likeness (QED) is 0.752. The second-order valence-corrected chi connectivity index (χ2v) is 7.42. The molecule has 0 aromatic carbocycles. The molecule has 0 fully saturated rings.